The molecule has 2 nitrogen and oxygen atoms in total. The highest BCUT2D eigenvalue weighted by atomic mass is 19.4. The van der Waals surface area contributed by atoms with Crippen LogP contribution in [0.1, 0.15) is 10.5 Å². The molecule has 0 atom stereocenters. The van der Waals surface area contributed by atoms with Gasteiger partial charge < -0.3 is 4.98 Å². The van der Waals surface area contributed by atoms with Crippen LogP contribution in [0.15, 0.2) is 18.3 Å². The van der Waals surface area contributed by atoms with E-state index in [0.29, 0.717) is 0 Å². The van der Waals surface area contributed by atoms with Crippen molar-refractivity contribution in [3.8, 4) is 0 Å². The minimum absolute atomic E-state index is 0.771. The smallest absolute Gasteiger partial charge is 0.359 e. The summed E-state index contributed by atoms with van der Waals surface area (Å²) in [6.45, 7) is 0. The maximum Gasteiger partial charge on any atom is 0.461 e. The SMILES string of the molecule is O=C(c1ccc[nH]1)C(F)(F)C(F)(F)F. The standard InChI is InChI=1S/C7H4F5NO/c8-6(9,7(10,11)12)5(14)4-2-1-3-13-4/h1-3,13H. The molecule has 0 unspecified atom stereocenters. The molecule has 1 N–H and O–H groups in total. The van der Waals surface area contributed by atoms with Gasteiger partial charge in [-0.05, 0) is 12.1 Å². The zero-order valence-corrected chi connectivity index (χ0v) is 6.53. The number of alkyl halides is 5. The Morgan fingerprint density at radius 3 is 2.14 bits per heavy atom. The van der Waals surface area contributed by atoms with E-state index in [4.69, 9.17) is 0 Å². The van der Waals surface area contributed by atoms with Crippen molar-refractivity contribution >= 4 is 5.78 Å². The van der Waals surface area contributed by atoms with Crippen LogP contribution < -0.4 is 0 Å². The number of carbonyl (C=O) groups excluding carboxylic acids is 1. The van der Waals surface area contributed by atoms with Crippen molar-refractivity contribution in [2.24, 2.45) is 0 Å². The minimum Gasteiger partial charge on any atom is -0.359 e. The van der Waals surface area contributed by atoms with E-state index in [-0.39, 0.29) is 0 Å². The van der Waals surface area contributed by atoms with E-state index >= 15 is 0 Å². The van der Waals surface area contributed by atoms with E-state index in [0.717, 1.165) is 18.3 Å². The number of nitrogens with one attached hydrogen (secondary N) is 1. The second-order valence-corrected chi connectivity index (χ2v) is 2.49. The Kier molecular flexibility index (Phi) is 2.34. The van der Waals surface area contributed by atoms with Crippen molar-refractivity contribution in [3.05, 3.63) is 24.0 Å². The molecule has 0 aliphatic carbocycles. The normalized spacial score (nSPS) is 12.9. The number of rotatable bonds is 2. The molecule has 0 radical (unpaired) electrons. The molecule has 1 aromatic heterocycles. The third-order valence-electron chi connectivity index (χ3n) is 1.48. The summed E-state index contributed by atoms with van der Waals surface area (Å²) in [6, 6.07) is 2.00. The van der Waals surface area contributed by atoms with Gasteiger partial charge in [0.2, 0.25) is 0 Å². The largest absolute Gasteiger partial charge is 0.461 e. The first-order valence-electron chi connectivity index (χ1n) is 3.39. The quantitative estimate of drug-likeness (QED) is 0.593. The van der Waals surface area contributed by atoms with Crippen molar-refractivity contribution < 1.29 is 26.7 Å². The molecule has 0 amide bonds. The average molecular weight is 213 g/mol. The van der Waals surface area contributed by atoms with Gasteiger partial charge in [-0.3, -0.25) is 4.79 Å². The third kappa shape index (κ3) is 1.61. The minimum atomic E-state index is -5.87. The van der Waals surface area contributed by atoms with Crippen LogP contribution in [0.3, 0.4) is 0 Å². The van der Waals surface area contributed by atoms with Crippen LogP contribution in [0.2, 0.25) is 0 Å². The number of ketones is 1. The fraction of sp³-hybridized carbons (Fsp3) is 0.286. The number of aromatic nitrogens is 1. The first-order valence-corrected chi connectivity index (χ1v) is 3.39. The van der Waals surface area contributed by atoms with Crippen LogP contribution in [-0.2, 0) is 0 Å². The maximum absolute atomic E-state index is 12.4. The Hall–Kier alpha value is -1.40. The van der Waals surface area contributed by atoms with Crippen molar-refractivity contribution in [2.75, 3.05) is 0 Å². The molecule has 78 valence electrons. The van der Waals surface area contributed by atoms with Crippen LogP contribution >= 0.6 is 0 Å². The second kappa shape index (κ2) is 3.07. The van der Waals surface area contributed by atoms with Gasteiger partial charge in [0, 0.05) is 6.20 Å². The van der Waals surface area contributed by atoms with Gasteiger partial charge in [-0.25, -0.2) is 0 Å². The summed E-state index contributed by atoms with van der Waals surface area (Å²) in [7, 11) is 0. The fourth-order valence-corrected chi connectivity index (χ4v) is 0.769. The summed E-state index contributed by atoms with van der Waals surface area (Å²) in [6.07, 6.45) is -4.78. The van der Waals surface area contributed by atoms with Gasteiger partial charge >= 0.3 is 12.1 Å². The lowest BCUT2D eigenvalue weighted by Crippen LogP contribution is -2.44. The first kappa shape index (κ1) is 10.7. The molecule has 0 aromatic carbocycles. The summed E-state index contributed by atoms with van der Waals surface area (Å²) in [5.41, 5.74) is -0.771. The highest BCUT2D eigenvalue weighted by molar-refractivity contribution is 6.00. The van der Waals surface area contributed by atoms with Gasteiger partial charge in [0.25, 0.3) is 5.78 Å². The van der Waals surface area contributed by atoms with Crippen molar-refractivity contribution in [1.29, 1.82) is 0 Å². The molecule has 14 heavy (non-hydrogen) atoms. The molecule has 0 saturated heterocycles. The Balaban J connectivity index is 3.01. The maximum atomic E-state index is 12.4. The fourth-order valence-electron chi connectivity index (χ4n) is 0.769. The summed E-state index contributed by atoms with van der Waals surface area (Å²) < 4.78 is 59.9. The van der Waals surface area contributed by atoms with Crippen LogP contribution in [0.5, 0.6) is 0 Å². The van der Waals surface area contributed by atoms with Crippen LogP contribution in [0.4, 0.5) is 22.0 Å². The van der Waals surface area contributed by atoms with E-state index in [1.165, 1.54) is 0 Å². The molecule has 1 rings (SSSR count). The molecule has 0 saturated carbocycles. The monoisotopic (exact) mass is 213 g/mol. The molecule has 0 spiro atoms. The van der Waals surface area contributed by atoms with Gasteiger partial charge in [-0.15, -0.1) is 0 Å². The molecular weight excluding hydrogens is 209 g/mol. The Bertz CT molecular complexity index is 326. The van der Waals surface area contributed by atoms with Crippen LogP contribution in [-0.4, -0.2) is 22.9 Å². The lowest BCUT2D eigenvalue weighted by atomic mass is 10.1. The van der Waals surface area contributed by atoms with Crippen LogP contribution in [0.25, 0.3) is 0 Å². The number of aromatic amines is 1. The summed E-state index contributed by atoms with van der Waals surface area (Å²) >= 11 is 0. The van der Waals surface area contributed by atoms with E-state index in [1.807, 2.05) is 4.98 Å². The average Bonchev–Trinajstić information content (AvgIpc) is 2.52. The third-order valence-corrected chi connectivity index (χ3v) is 1.48. The van der Waals surface area contributed by atoms with E-state index in [2.05, 4.69) is 0 Å². The number of carbonyl (C=O) groups is 1. The molecule has 1 aromatic rings. The number of hydrogen-bond acceptors (Lipinski definition) is 1. The predicted octanol–water partition coefficient (Wildman–Crippen LogP) is 2.39. The Morgan fingerprint density at radius 2 is 1.79 bits per heavy atom. The van der Waals surface area contributed by atoms with Gasteiger partial charge in [0.1, 0.15) is 0 Å². The number of H-pyrrole nitrogens is 1. The molecule has 1 heterocycles. The molecule has 7 heteroatoms. The highest BCUT2D eigenvalue weighted by Gasteiger charge is 2.63. The summed E-state index contributed by atoms with van der Waals surface area (Å²) in [5.74, 6) is -7.63. The molecule has 0 aliphatic heterocycles. The topological polar surface area (TPSA) is 32.9 Å². The van der Waals surface area contributed by atoms with Gasteiger partial charge in [-0.1, -0.05) is 0 Å². The van der Waals surface area contributed by atoms with E-state index < -0.39 is 23.6 Å². The molecule has 0 aliphatic rings. The predicted molar refractivity (Wildman–Crippen MR) is 36.1 cm³/mol. The number of Topliss-reactive ketones (excluding diaryl/α,β-unsaturated/α-hetero) is 1. The summed E-state index contributed by atoms with van der Waals surface area (Å²) in [5, 5.41) is 0. The Labute approximate surface area is 74.7 Å². The van der Waals surface area contributed by atoms with Gasteiger partial charge in [0.15, 0.2) is 0 Å². The van der Waals surface area contributed by atoms with Crippen molar-refractivity contribution in [3.63, 3.8) is 0 Å². The number of hydrogen-bond donors (Lipinski definition) is 1. The van der Waals surface area contributed by atoms with Gasteiger partial charge in [0.05, 0.1) is 5.69 Å². The van der Waals surface area contributed by atoms with Crippen molar-refractivity contribution in [1.82, 2.24) is 4.98 Å². The van der Waals surface area contributed by atoms with E-state index in [9.17, 15) is 26.7 Å². The second-order valence-electron chi connectivity index (χ2n) is 2.49. The van der Waals surface area contributed by atoms with Crippen LogP contribution in [0, 0.1) is 0 Å². The van der Waals surface area contributed by atoms with Crippen molar-refractivity contribution in [2.45, 2.75) is 12.1 Å². The Morgan fingerprint density at radius 1 is 1.21 bits per heavy atom. The summed E-state index contributed by atoms with van der Waals surface area (Å²) in [4.78, 5) is 12.7. The lowest BCUT2D eigenvalue weighted by molar-refractivity contribution is -0.255. The first-order chi connectivity index (χ1) is 6.27. The van der Waals surface area contributed by atoms with E-state index in [1.54, 1.807) is 0 Å². The zero-order valence-electron chi connectivity index (χ0n) is 6.53. The molecule has 0 fully saturated rings. The molecular formula is C7H4F5NO. The zero-order chi connectivity index (χ0) is 11.0. The molecule has 0 bridgehead atoms. The highest BCUT2D eigenvalue weighted by Crippen LogP contribution is 2.37. The van der Waals surface area contributed by atoms with Gasteiger partial charge in [-0.2, -0.15) is 22.0 Å². The lowest BCUT2D eigenvalue weighted by Gasteiger charge is -2.16. The number of halogens is 5.